The summed E-state index contributed by atoms with van der Waals surface area (Å²) in [5, 5.41) is 8.20. The first-order chi connectivity index (χ1) is 16.3. The SMILES string of the molecule is CCC(=O)Nc1ccc(S(=O)(=O)NCCNC(=O)c2ccc(NC(=O)C3CCCC3)cc2)cc1. The molecule has 1 aliphatic carbocycles. The molecule has 1 saturated carbocycles. The van der Waals surface area contributed by atoms with Gasteiger partial charge in [-0.15, -0.1) is 0 Å². The van der Waals surface area contributed by atoms with E-state index in [0.29, 0.717) is 23.4 Å². The van der Waals surface area contributed by atoms with Crippen molar-refractivity contribution in [2.45, 2.75) is 43.9 Å². The Balaban J connectivity index is 1.43. The van der Waals surface area contributed by atoms with Gasteiger partial charge in [0, 0.05) is 42.4 Å². The number of rotatable bonds is 10. The Labute approximate surface area is 199 Å². The molecule has 0 aromatic heterocycles. The molecule has 1 aliphatic rings. The van der Waals surface area contributed by atoms with E-state index in [4.69, 9.17) is 0 Å². The maximum atomic E-state index is 12.4. The van der Waals surface area contributed by atoms with Crippen LogP contribution < -0.4 is 20.7 Å². The van der Waals surface area contributed by atoms with Crippen molar-refractivity contribution in [2.75, 3.05) is 23.7 Å². The molecule has 0 radical (unpaired) electrons. The van der Waals surface area contributed by atoms with Crippen LogP contribution in [0.5, 0.6) is 0 Å². The molecule has 0 saturated heterocycles. The molecule has 9 nitrogen and oxygen atoms in total. The van der Waals surface area contributed by atoms with Crippen LogP contribution in [0, 0.1) is 5.92 Å². The number of carbonyl (C=O) groups is 3. The lowest BCUT2D eigenvalue weighted by Gasteiger charge is -2.11. The lowest BCUT2D eigenvalue weighted by molar-refractivity contribution is -0.119. The number of sulfonamides is 1. The second kappa shape index (κ2) is 11.8. The normalized spacial score (nSPS) is 13.9. The highest BCUT2D eigenvalue weighted by atomic mass is 32.2. The maximum Gasteiger partial charge on any atom is 0.251 e. The van der Waals surface area contributed by atoms with Gasteiger partial charge in [0.15, 0.2) is 0 Å². The van der Waals surface area contributed by atoms with Crippen molar-refractivity contribution in [1.29, 1.82) is 0 Å². The molecule has 2 aromatic rings. The van der Waals surface area contributed by atoms with E-state index >= 15 is 0 Å². The quantitative estimate of drug-likeness (QED) is 0.383. The first kappa shape index (κ1) is 25.4. The van der Waals surface area contributed by atoms with Crippen LogP contribution in [0.15, 0.2) is 53.4 Å². The van der Waals surface area contributed by atoms with E-state index in [1.165, 1.54) is 24.3 Å². The van der Waals surface area contributed by atoms with E-state index in [2.05, 4.69) is 20.7 Å². The van der Waals surface area contributed by atoms with Crippen molar-refractivity contribution < 1.29 is 22.8 Å². The summed E-state index contributed by atoms with van der Waals surface area (Å²) in [4.78, 5) is 36.0. The van der Waals surface area contributed by atoms with Crippen molar-refractivity contribution in [2.24, 2.45) is 5.92 Å². The summed E-state index contributed by atoms with van der Waals surface area (Å²) in [5.41, 5.74) is 1.56. The number of anilines is 2. The third kappa shape index (κ3) is 7.13. The summed E-state index contributed by atoms with van der Waals surface area (Å²) < 4.78 is 27.3. The predicted octanol–water partition coefficient (Wildman–Crippen LogP) is 2.87. The third-order valence-corrected chi connectivity index (χ3v) is 7.09. The van der Waals surface area contributed by atoms with Gasteiger partial charge in [0.2, 0.25) is 21.8 Å². The molecule has 3 rings (SSSR count). The van der Waals surface area contributed by atoms with Gasteiger partial charge in [-0.25, -0.2) is 13.1 Å². The highest BCUT2D eigenvalue weighted by Gasteiger charge is 2.22. The zero-order valence-corrected chi connectivity index (χ0v) is 19.9. The van der Waals surface area contributed by atoms with Gasteiger partial charge in [0.05, 0.1) is 4.90 Å². The molecular formula is C24H30N4O5S. The average Bonchev–Trinajstić information content (AvgIpc) is 3.38. The lowest BCUT2D eigenvalue weighted by Crippen LogP contribution is -2.34. The molecule has 4 N–H and O–H groups in total. The smallest absolute Gasteiger partial charge is 0.251 e. The number of carbonyl (C=O) groups excluding carboxylic acids is 3. The molecule has 0 spiro atoms. The molecule has 0 bridgehead atoms. The fourth-order valence-corrected chi connectivity index (χ4v) is 4.68. The van der Waals surface area contributed by atoms with Gasteiger partial charge >= 0.3 is 0 Å². The van der Waals surface area contributed by atoms with Crippen LogP contribution in [0.4, 0.5) is 11.4 Å². The maximum absolute atomic E-state index is 12.4. The van der Waals surface area contributed by atoms with Crippen LogP contribution in [0.1, 0.15) is 49.4 Å². The molecule has 1 fully saturated rings. The molecule has 0 aliphatic heterocycles. The molecule has 10 heteroatoms. The predicted molar refractivity (Wildman–Crippen MR) is 130 cm³/mol. The summed E-state index contributed by atoms with van der Waals surface area (Å²) >= 11 is 0. The van der Waals surface area contributed by atoms with Gasteiger partial charge in [0.1, 0.15) is 0 Å². The zero-order chi connectivity index (χ0) is 24.6. The Kier molecular flexibility index (Phi) is 8.78. The van der Waals surface area contributed by atoms with Crippen molar-refractivity contribution in [3.8, 4) is 0 Å². The highest BCUT2D eigenvalue weighted by molar-refractivity contribution is 7.89. The van der Waals surface area contributed by atoms with Crippen molar-refractivity contribution >= 4 is 39.1 Å². The summed E-state index contributed by atoms with van der Waals surface area (Å²) in [6.45, 7) is 1.84. The fourth-order valence-electron chi connectivity index (χ4n) is 3.65. The van der Waals surface area contributed by atoms with E-state index in [1.54, 1.807) is 31.2 Å². The molecule has 3 amide bonds. The van der Waals surface area contributed by atoms with Crippen LogP contribution in [0.25, 0.3) is 0 Å². The monoisotopic (exact) mass is 486 g/mol. The van der Waals surface area contributed by atoms with Crippen LogP contribution in [-0.4, -0.2) is 39.2 Å². The summed E-state index contributed by atoms with van der Waals surface area (Å²) in [6.07, 6.45) is 4.32. The van der Waals surface area contributed by atoms with Crippen LogP contribution >= 0.6 is 0 Å². The van der Waals surface area contributed by atoms with Gasteiger partial charge < -0.3 is 16.0 Å². The number of hydrogen-bond donors (Lipinski definition) is 4. The van der Waals surface area contributed by atoms with Gasteiger partial charge in [-0.3, -0.25) is 14.4 Å². The first-order valence-electron chi connectivity index (χ1n) is 11.4. The molecule has 0 heterocycles. The molecule has 182 valence electrons. The largest absolute Gasteiger partial charge is 0.351 e. The summed E-state index contributed by atoms with van der Waals surface area (Å²) in [5.74, 6) is -0.425. The number of amides is 3. The second-order valence-corrected chi connectivity index (χ2v) is 9.89. The molecule has 0 atom stereocenters. The molecule has 34 heavy (non-hydrogen) atoms. The first-order valence-corrected chi connectivity index (χ1v) is 12.9. The minimum Gasteiger partial charge on any atom is -0.351 e. The van der Waals surface area contributed by atoms with E-state index < -0.39 is 10.0 Å². The minimum absolute atomic E-state index is 0.0118. The van der Waals surface area contributed by atoms with Gasteiger partial charge in [-0.2, -0.15) is 0 Å². The van der Waals surface area contributed by atoms with Gasteiger partial charge in [-0.1, -0.05) is 19.8 Å². The van der Waals surface area contributed by atoms with Gasteiger partial charge in [-0.05, 0) is 61.4 Å². The highest BCUT2D eigenvalue weighted by Crippen LogP contribution is 2.26. The zero-order valence-electron chi connectivity index (χ0n) is 19.1. The van der Waals surface area contributed by atoms with E-state index in [1.807, 2.05) is 0 Å². The van der Waals surface area contributed by atoms with Gasteiger partial charge in [0.25, 0.3) is 5.91 Å². The van der Waals surface area contributed by atoms with Crippen molar-refractivity contribution in [3.05, 3.63) is 54.1 Å². The Hall–Kier alpha value is -3.24. The standard InChI is InChI=1S/C24H30N4O5S/c1-2-22(29)27-19-11-13-21(14-12-19)34(32,33)26-16-15-25-23(30)18-7-9-20(10-8-18)28-24(31)17-5-3-4-6-17/h7-14,17,26H,2-6,15-16H2,1H3,(H,25,30)(H,27,29)(H,28,31). The Morgan fingerprint density at radius 3 is 2.06 bits per heavy atom. The van der Waals surface area contributed by atoms with E-state index in [-0.39, 0.29) is 41.6 Å². The molecular weight excluding hydrogens is 456 g/mol. The van der Waals surface area contributed by atoms with Crippen molar-refractivity contribution in [3.63, 3.8) is 0 Å². The topological polar surface area (TPSA) is 133 Å². The summed E-state index contributed by atoms with van der Waals surface area (Å²) in [7, 11) is -3.75. The average molecular weight is 487 g/mol. The second-order valence-electron chi connectivity index (χ2n) is 8.13. The molecule has 0 unspecified atom stereocenters. The van der Waals surface area contributed by atoms with E-state index in [0.717, 1.165) is 25.7 Å². The minimum atomic E-state index is -3.75. The Morgan fingerprint density at radius 2 is 1.44 bits per heavy atom. The third-order valence-electron chi connectivity index (χ3n) is 5.61. The fraction of sp³-hybridized carbons (Fsp3) is 0.375. The number of nitrogens with one attached hydrogen (secondary N) is 4. The Bertz CT molecular complexity index is 1110. The van der Waals surface area contributed by atoms with E-state index in [9.17, 15) is 22.8 Å². The van der Waals surface area contributed by atoms with Crippen LogP contribution in [-0.2, 0) is 19.6 Å². The lowest BCUT2D eigenvalue weighted by atomic mass is 10.1. The number of hydrogen-bond acceptors (Lipinski definition) is 5. The van der Waals surface area contributed by atoms with Crippen LogP contribution in [0.2, 0.25) is 0 Å². The Morgan fingerprint density at radius 1 is 0.853 bits per heavy atom. The number of benzene rings is 2. The van der Waals surface area contributed by atoms with Crippen LogP contribution in [0.3, 0.4) is 0 Å². The summed E-state index contributed by atoms with van der Waals surface area (Å²) in [6, 6.07) is 12.4. The van der Waals surface area contributed by atoms with Crippen molar-refractivity contribution in [1.82, 2.24) is 10.0 Å². The molecule has 2 aromatic carbocycles.